The summed E-state index contributed by atoms with van der Waals surface area (Å²) in [4.78, 5) is 16.5. The van der Waals surface area contributed by atoms with Gasteiger partial charge in [-0.25, -0.2) is 4.98 Å². The lowest BCUT2D eigenvalue weighted by Gasteiger charge is -2.03. The van der Waals surface area contributed by atoms with E-state index in [0.29, 0.717) is 18.7 Å². The van der Waals surface area contributed by atoms with Gasteiger partial charge in [0.25, 0.3) is 0 Å². The lowest BCUT2D eigenvalue weighted by atomic mass is 10.1. The van der Waals surface area contributed by atoms with Gasteiger partial charge in [0.2, 0.25) is 5.91 Å². The Balaban J connectivity index is 1.53. The summed E-state index contributed by atoms with van der Waals surface area (Å²) < 4.78 is 6.25. The highest BCUT2D eigenvalue weighted by molar-refractivity contribution is 7.18. The Hall–Kier alpha value is -2.21. The molecule has 2 heterocycles. The number of carbonyl (C=O) groups is 1. The van der Waals surface area contributed by atoms with Gasteiger partial charge in [0.1, 0.15) is 5.76 Å². The number of aryl methyl sites for hydroxylation is 2. The largest absolute Gasteiger partial charge is 0.361 e. The topological polar surface area (TPSA) is 68.0 Å². The number of fused-ring (bicyclic) bond motifs is 1. The number of para-hydroxylation sites is 1. The Labute approximate surface area is 132 Å². The van der Waals surface area contributed by atoms with Crippen LogP contribution in [0.25, 0.3) is 10.2 Å². The molecule has 0 bridgehead atoms. The first-order chi connectivity index (χ1) is 10.6. The van der Waals surface area contributed by atoms with Crippen LogP contribution >= 0.6 is 11.3 Å². The second-order valence-electron chi connectivity index (χ2n) is 5.15. The maximum atomic E-state index is 12.0. The summed E-state index contributed by atoms with van der Waals surface area (Å²) in [6.45, 7) is 4.26. The summed E-state index contributed by atoms with van der Waals surface area (Å²) in [7, 11) is 0. The molecule has 3 rings (SSSR count). The van der Waals surface area contributed by atoms with Gasteiger partial charge in [-0.1, -0.05) is 17.3 Å². The van der Waals surface area contributed by atoms with Crippen molar-refractivity contribution in [3.05, 3.63) is 46.3 Å². The molecule has 0 spiro atoms. The highest BCUT2D eigenvalue weighted by atomic mass is 32.1. The van der Waals surface area contributed by atoms with Gasteiger partial charge >= 0.3 is 0 Å². The molecule has 0 unspecified atom stereocenters. The Morgan fingerprint density at radius 3 is 2.86 bits per heavy atom. The van der Waals surface area contributed by atoms with Crippen LogP contribution < -0.4 is 5.32 Å². The van der Waals surface area contributed by atoms with Crippen LogP contribution in [-0.4, -0.2) is 22.6 Å². The number of hydrogen-bond donors (Lipinski definition) is 1. The molecule has 0 fully saturated rings. The monoisotopic (exact) mass is 315 g/mol. The summed E-state index contributed by atoms with van der Waals surface area (Å²) in [5, 5.41) is 7.83. The molecule has 0 atom stereocenters. The van der Waals surface area contributed by atoms with E-state index in [4.69, 9.17) is 4.52 Å². The van der Waals surface area contributed by atoms with Crippen LogP contribution in [0.15, 0.2) is 28.8 Å². The van der Waals surface area contributed by atoms with Gasteiger partial charge < -0.3 is 9.84 Å². The quantitative estimate of drug-likeness (QED) is 0.786. The van der Waals surface area contributed by atoms with E-state index >= 15 is 0 Å². The Morgan fingerprint density at radius 1 is 1.32 bits per heavy atom. The molecule has 0 radical (unpaired) electrons. The number of benzene rings is 1. The van der Waals surface area contributed by atoms with Crippen molar-refractivity contribution in [2.24, 2.45) is 0 Å². The number of nitrogens with zero attached hydrogens (tertiary/aromatic N) is 2. The molecule has 6 heteroatoms. The van der Waals surface area contributed by atoms with Crippen molar-refractivity contribution >= 4 is 27.5 Å². The van der Waals surface area contributed by atoms with Crippen LogP contribution in [0.2, 0.25) is 0 Å². The summed E-state index contributed by atoms with van der Waals surface area (Å²) in [6.07, 6.45) is 1.05. The Bertz CT molecular complexity index is 754. The van der Waals surface area contributed by atoms with Gasteiger partial charge in [-0.3, -0.25) is 4.79 Å². The summed E-state index contributed by atoms with van der Waals surface area (Å²) in [5.41, 5.74) is 2.67. The second-order valence-corrected chi connectivity index (χ2v) is 6.27. The van der Waals surface area contributed by atoms with E-state index in [9.17, 15) is 4.79 Å². The van der Waals surface area contributed by atoms with Crippen LogP contribution in [0, 0.1) is 13.8 Å². The fraction of sp³-hybridized carbons (Fsp3) is 0.312. The first kappa shape index (κ1) is 14.7. The molecule has 22 heavy (non-hydrogen) atoms. The van der Waals surface area contributed by atoms with E-state index in [1.807, 2.05) is 32.0 Å². The second kappa shape index (κ2) is 6.27. The zero-order valence-electron chi connectivity index (χ0n) is 12.5. The van der Waals surface area contributed by atoms with Crippen LogP contribution in [0.4, 0.5) is 0 Å². The van der Waals surface area contributed by atoms with Gasteiger partial charge in [0.15, 0.2) is 0 Å². The predicted octanol–water partition coefficient (Wildman–Crippen LogP) is 2.80. The number of thiazole rings is 1. The summed E-state index contributed by atoms with van der Waals surface area (Å²) in [6, 6.07) is 8.06. The molecule has 0 aliphatic heterocycles. The highest BCUT2D eigenvalue weighted by Gasteiger charge is 2.13. The minimum Gasteiger partial charge on any atom is -0.361 e. The van der Waals surface area contributed by atoms with E-state index in [1.165, 1.54) is 4.70 Å². The standard InChI is InChI=1S/C16H17N3O2S/c1-10-12(11(2)21-19-10)9-15(20)17-8-7-16-18-13-5-3-4-6-14(13)22-16/h3-6H,7-9H2,1-2H3,(H,17,20). The van der Waals surface area contributed by atoms with Crippen LogP contribution in [0.5, 0.6) is 0 Å². The first-order valence-electron chi connectivity index (χ1n) is 7.16. The predicted molar refractivity (Wildman–Crippen MR) is 86.0 cm³/mol. The molecule has 0 saturated carbocycles. The Kier molecular flexibility index (Phi) is 4.20. The molecule has 3 aromatic rings. The van der Waals surface area contributed by atoms with Crippen molar-refractivity contribution in [1.29, 1.82) is 0 Å². The van der Waals surface area contributed by atoms with E-state index in [0.717, 1.165) is 28.2 Å². The molecular weight excluding hydrogens is 298 g/mol. The highest BCUT2D eigenvalue weighted by Crippen LogP contribution is 2.21. The summed E-state index contributed by atoms with van der Waals surface area (Å²) >= 11 is 1.67. The average Bonchev–Trinajstić information content (AvgIpc) is 3.05. The minimum absolute atomic E-state index is 0.0180. The van der Waals surface area contributed by atoms with E-state index in [1.54, 1.807) is 11.3 Å². The van der Waals surface area contributed by atoms with Crippen molar-refractivity contribution < 1.29 is 9.32 Å². The van der Waals surface area contributed by atoms with Crippen molar-refractivity contribution in [2.45, 2.75) is 26.7 Å². The van der Waals surface area contributed by atoms with Gasteiger partial charge in [-0.2, -0.15) is 0 Å². The van der Waals surface area contributed by atoms with Crippen molar-refractivity contribution in [2.75, 3.05) is 6.54 Å². The lowest BCUT2D eigenvalue weighted by Crippen LogP contribution is -2.27. The van der Waals surface area contributed by atoms with Crippen LogP contribution in [0.3, 0.4) is 0 Å². The van der Waals surface area contributed by atoms with Crippen molar-refractivity contribution in [3.8, 4) is 0 Å². The first-order valence-corrected chi connectivity index (χ1v) is 7.98. The molecule has 1 aromatic carbocycles. The molecule has 114 valence electrons. The van der Waals surface area contributed by atoms with Crippen molar-refractivity contribution in [3.63, 3.8) is 0 Å². The number of carbonyl (C=O) groups excluding carboxylic acids is 1. The number of nitrogens with one attached hydrogen (secondary N) is 1. The molecule has 5 nitrogen and oxygen atoms in total. The molecule has 1 amide bonds. The number of aromatic nitrogens is 2. The zero-order chi connectivity index (χ0) is 15.5. The Morgan fingerprint density at radius 2 is 2.14 bits per heavy atom. The van der Waals surface area contributed by atoms with E-state index < -0.39 is 0 Å². The molecule has 0 aliphatic carbocycles. The molecule has 2 aromatic heterocycles. The van der Waals surface area contributed by atoms with Crippen LogP contribution in [-0.2, 0) is 17.6 Å². The van der Waals surface area contributed by atoms with Crippen LogP contribution in [0.1, 0.15) is 22.0 Å². The minimum atomic E-state index is -0.0180. The normalized spacial score (nSPS) is 11.0. The summed E-state index contributed by atoms with van der Waals surface area (Å²) in [5.74, 6) is 0.689. The fourth-order valence-corrected chi connectivity index (χ4v) is 3.28. The average molecular weight is 315 g/mol. The molecule has 1 N–H and O–H groups in total. The van der Waals surface area contributed by atoms with E-state index in [2.05, 4.69) is 21.5 Å². The zero-order valence-corrected chi connectivity index (χ0v) is 13.4. The smallest absolute Gasteiger partial charge is 0.224 e. The maximum absolute atomic E-state index is 12.0. The van der Waals surface area contributed by atoms with E-state index in [-0.39, 0.29) is 5.91 Å². The molecule has 0 saturated heterocycles. The number of amides is 1. The van der Waals surface area contributed by atoms with Gasteiger partial charge in [0, 0.05) is 18.5 Å². The molecular formula is C16H17N3O2S. The maximum Gasteiger partial charge on any atom is 0.224 e. The third-order valence-electron chi connectivity index (χ3n) is 3.52. The molecule has 0 aliphatic rings. The SMILES string of the molecule is Cc1noc(C)c1CC(=O)NCCc1nc2ccccc2s1. The number of rotatable bonds is 5. The lowest BCUT2D eigenvalue weighted by molar-refractivity contribution is -0.120. The van der Waals surface area contributed by atoms with Gasteiger partial charge in [-0.05, 0) is 26.0 Å². The third-order valence-corrected chi connectivity index (χ3v) is 4.61. The fourth-order valence-electron chi connectivity index (χ4n) is 2.31. The number of hydrogen-bond acceptors (Lipinski definition) is 5. The van der Waals surface area contributed by atoms with Crippen molar-refractivity contribution in [1.82, 2.24) is 15.5 Å². The van der Waals surface area contributed by atoms with Gasteiger partial charge in [0.05, 0.1) is 27.3 Å². The van der Waals surface area contributed by atoms with Gasteiger partial charge in [-0.15, -0.1) is 11.3 Å². The third kappa shape index (κ3) is 3.17.